The standard InChI is InChI=1S/C14H28N2O2/c17-11-6-13-5-1-4-10-16(13)14(8-12-18)7-2-3-9-15-14/h13,15,17-18H,1-12H2. The molecular formula is C14H28N2O2. The monoisotopic (exact) mass is 256 g/mol. The minimum Gasteiger partial charge on any atom is -0.396 e. The number of aliphatic hydroxyl groups excluding tert-OH is 2. The van der Waals surface area contributed by atoms with Crippen molar-refractivity contribution in [2.24, 2.45) is 0 Å². The van der Waals surface area contributed by atoms with Gasteiger partial charge in [-0.2, -0.15) is 0 Å². The second-order valence-corrected chi connectivity index (χ2v) is 5.74. The first-order valence-corrected chi connectivity index (χ1v) is 7.56. The first-order valence-electron chi connectivity index (χ1n) is 7.56. The van der Waals surface area contributed by atoms with Gasteiger partial charge in [0.05, 0.1) is 5.66 Å². The summed E-state index contributed by atoms with van der Waals surface area (Å²) in [6.07, 6.45) is 9.02. The zero-order valence-corrected chi connectivity index (χ0v) is 11.4. The van der Waals surface area contributed by atoms with E-state index in [1.165, 1.54) is 32.1 Å². The molecule has 2 fully saturated rings. The van der Waals surface area contributed by atoms with Crippen LogP contribution in [0.25, 0.3) is 0 Å². The van der Waals surface area contributed by atoms with Crippen molar-refractivity contribution in [1.82, 2.24) is 10.2 Å². The van der Waals surface area contributed by atoms with Crippen LogP contribution in [0.15, 0.2) is 0 Å². The van der Waals surface area contributed by atoms with Gasteiger partial charge in [0.1, 0.15) is 0 Å². The molecule has 4 heteroatoms. The third-order valence-corrected chi connectivity index (χ3v) is 4.64. The van der Waals surface area contributed by atoms with Crippen LogP contribution in [0, 0.1) is 0 Å². The highest BCUT2D eigenvalue weighted by Crippen LogP contribution is 2.33. The molecule has 2 rings (SSSR count). The smallest absolute Gasteiger partial charge is 0.0737 e. The molecule has 0 saturated carbocycles. The summed E-state index contributed by atoms with van der Waals surface area (Å²) in [6, 6.07) is 0.487. The lowest BCUT2D eigenvalue weighted by Crippen LogP contribution is -2.65. The van der Waals surface area contributed by atoms with Gasteiger partial charge in [0.25, 0.3) is 0 Å². The van der Waals surface area contributed by atoms with E-state index < -0.39 is 0 Å². The van der Waals surface area contributed by atoms with E-state index in [9.17, 15) is 10.2 Å². The van der Waals surface area contributed by atoms with Gasteiger partial charge in [-0.25, -0.2) is 0 Å². The van der Waals surface area contributed by atoms with E-state index in [0.29, 0.717) is 6.04 Å². The molecule has 0 bridgehead atoms. The van der Waals surface area contributed by atoms with Gasteiger partial charge in [0, 0.05) is 32.2 Å². The third kappa shape index (κ3) is 3.05. The van der Waals surface area contributed by atoms with Crippen molar-refractivity contribution in [2.75, 3.05) is 26.3 Å². The van der Waals surface area contributed by atoms with Crippen molar-refractivity contribution in [1.29, 1.82) is 0 Å². The van der Waals surface area contributed by atoms with Crippen molar-refractivity contribution >= 4 is 0 Å². The minimum absolute atomic E-state index is 0.00669. The number of hydrogen-bond acceptors (Lipinski definition) is 4. The Morgan fingerprint density at radius 2 is 2.00 bits per heavy atom. The van der Waals surface area contributed by atoms with Gasteiger partial charge in [-0.3, -0.25) is 10.2 Å². The van der Waals surface area contributed by atoms with Gasteiger partial charge in [-0.1, -0.05) is 6.42 Å². The summed E-state index contributed by atoms with van der Waals surface area (Å²) in [5.41, 5.74) is -0.00669. The fourth-order valence-corrected chi connectivity index (χ4v) is 3.75. The van der Waals surface area contributed by atoms with Gasteiger partial charge in [-0.05, 0) is 45.1 Å². The zero-order valence-electron chi connectivity index (χ0n) is 11.4. The second-order valence-electron chi connectivity index (χ2n) is 5.74. The third-order valence-electron chi connectivity index (χ3n) is 4.64. The van der Waals surface area contributed by atoms with Crippen molar-refractivity contribution in [2.45, 2.75) is 63.1 Å². The highest BCUT2D eigenvalue weighted by Gasteiger charge is 2.41. The van der Waals surface area contributed by atoms with Gasteiger partial charge in [0.2, 0.25) is 0 Å². The van der Waals surface area contributed by atoms with Crippen LogP contribution in [0.3, 0.4) is 0 Å². The Hall–Kier alpha value is -0.160. The fourth-order valence-electron chi connectivity index (χ4n) is 3.75. The number of aliphatic hydroxyl groups is 2. The topological polar surface area (TPSA) is 55.7 Å². The molecule has 2 unspecified atom stereocenters. The van der Waals surface area contributed by atoms with Crippen LogP contribution in [0.4, 0.5) is 0 Å². The Labute approximate surface area is 110 Å². The quantitative estimate of drug-likeness (QED) is 0.689. The van der Waals surface area contributed by atoms with Gasteiger partial charge < -0.3 is 10.2 Å². The molecule has 2 atom stereocenters. The van der Waals surface area contributed by atoms with Crippen LogP contribution in [0.1, 0.15) is 51.4 Å². The Balaban J connectivity index is 2.10. The number of nitrogens with zero attached hydrogens (tertiary/aromatic N) is 1. The summed E-state index contributed by atoms with van der Waals surface area (Å²) < 4.78 is 0. The molecule has 0 spiro atoms. The van der Waals surface area contributed by atoms with Crippen LogP contribution >= 0.6 is 0 Å². The summed E-state index contributed by atoms with van der Waals surface area (Å²) in [5.74, 6) is 0. The molecule has 2 heterocycles. The van der Waals surface area contributed by atoms with Crippen molar-refractivity contribution in [3.63, 3.8) is 0 Å². The van der Waals surface area contributed by atoms with E-state index in [0.717, 1.165) is 32.4 Å². The highest BCUT2D eigenvalue weighted by molar-refractivity contribution is 4.95. The number of piperidine rings is 2. The summed E-state index contributed by atoms with van der Waals surface area (Å²) in [5, 5.41) is 22.3. The molecule has 0 radical (unpaired) electrons. The number of likely N-dealkylation sites (tertiary alicyclic amines) is 1. The molecular weight excluding hydrogens is 228 g/mol. The van der Waals surface area contributed by atoms with Crippen molar-refractivity contribution < 1.29 is 10.2 Å². The molecule has 18 heavy (non-hydrogen) atoms. The first kappa shape index (κ1) is 14.3. The molecule has 2 aliphatic heterocycles. The maximum atomic E-state index is 9.41. The molecule has 0 aliphatic carbocycles. The van der Waals surface area contributed by atoms with Crippen LogP contribution in [-0.2, 0) is 0 Å². The molecule has 3 N–H and O–H groups in total. The number of rotatable bonds is 5. The second kappa shape index (κ2) is 6.85. The average molecular weight is 256 g/mol. The minimum atomic E-state index is -0.00669. The lowest BCUT2D eigenvalue weighted by Gasteiger charge is -2.52. The maximum Gasteiger partial charge on any atom is 0.0737 e. The van der Waals surface area contributed by atoms with Gasteiger partial charge >= 0.3 is 0 Å². The van der Waals surface area contributed by atoms with Crippen LogP contribution in [0.5, 0.6) is 0 Å². The first-order chi connectivity index (χ1) is 8.82. The Kier molecular flexibility index (Phi) is 5.42. The number of nitrogens with one attached hydrogen (secondary N) is 1. The van der Waals surface area contributed by atoms with Crippen LogP contribution in [0.2, 0.25) is 0 Å². The fraction of sp³-hybridized carbons (Fsp3) is 1.00. The summed E-state index contributed by atoms with van der Waals surface area (Å²) in [7, 11) is 0. The van der Waals surface area contributed by atoms with E-state index >= 15 is 0 Å². The molecule has 0 aromatic heterocycles. The van der Waals surface area contributed by atoms with Crippen LogP contribution in [-0.4, -0.2) is 53.1 Å². The number of hydrogen-bond donors (Lipinski definition) is 3. The molecule has 0 aromatic rings. The Morgan fingerprint density at radius 3 is 2.67 bits per heavy atom. The molecule has 106 valence electrons. The van der Waals surface area contributed by atoms with Gasteiger partial charge in [0.15, 0.2) is 0 Å². The lowest BCUT2D eigenvalue weighted by molar-refractivity contribution is -0.0446. The van der Waals surface area contributed by atoms with E-state index in [1.54, 1.807) is 0 Å². The molecule has 4 nitrogen and oxygen atoms in total. The highest BCUT2D eigenvalue weighted by atomic mass is 16.3. The zero-order chi connectivity index (χ0) is 12.8. The van der Waals surface area contributed by atoms with E-state index in [1.807, 2.05) is 0 Å². The predicted molar refractivity (Wildman–Crippen MR) is 72.3 cm³/mol. The predicted octanol–water partition coefficient (Wildman–Crippen LogP) is 1.08. The van der Waals surface area contributed by atoms with E-state index in [-0.39, 0.29) is 18.9 Å². The molecule has 2 aliphatic rings. The SMILES string of the molecule is OCCC1CCCCN1C1(CCO)CCCCN1. The van der Waals surface area contributed by atoms with Crippen molar-refractivity contribution in [3.05, 3.63) is 0 Å². The van der Waals surface area contributed by atoms with Crippen LogP contribution < -0.4 is 5.32 Å². The summed E-state index contributed by atoms with van der Waals surface area (Å²) in [4.78, 5) is 2.56. The van der Waals surface area contributed by atoms with E-state index in [2.05, 4.69) is 10.2 Å². The molecule has 2 saturated heterocycles. The summed E-state index contributed by atoms with van der Waals surface area (Å²) >= 11 is 0. The largest absolute Gasteiger partial charge is 0.396 e. The Morgan fingerprint density at radius 1 is 1.11 bits per heavy atom. The van der Waals surface area contributed by atoms with Gasteiger partial charge in [-0.15, -0.1) is 0 Å². The molecule has 0 aromatic carbocycles. The molecule has 0 amide bonds. The maximum absolute atomic E-state index is 9.41. The van der Waals surface area contributed by atoms with E-state index in [4.69, 9.17) is 0 Å². The normalized spacial score (nSPS) is 34.7. The summed E-state index contributed by atoms with van der Waals surface area (Å²) in [6.45, 7) is 2.69. The Bertz CT molecular complexity index is 234. The van der Waals surface area contributed by atoms with Crippen molar-refractivity contribution in [3.8, 4) is 0 Å². The average Bonchev–Trinajstić information content (AvgIpc) is 2.41. The lowest BCUT2D eigenvalue weighted by atomic mass is 9.87.